The first-order valence-electron chi connectivity index (χ1n) is 14.7. The van der Waals surface area contributed by atoms with Gasteiger partial charge in [0.2, 0.25) is 11.9 Å². The Hall–Kier alpha value is -5.19. The van der Waals surface area contributed by atoms with Crippen molar-refractivity contribution < 1.29 is 28.7 Å². The summed E-state index contributed by atoms with van der Waals surface area (Å²) in [5, 5.41) is 5.25. The van der Waals surface area contributed by atoms with Crippen molar-refractivity contribution in [2.45, 2.75) is 53.0 Å². The summed E-state index contributed by atoms with van der Waals surface area (Å²) in [6.45, 7) is 8.19. The lowest BCUT2D eigenvalue weighted by molar-refractivity contribution is -0.143. The number of aromatic nitrogens is 2. The summed E-state index contributed by atoms with van der Waals surface area (Å²) >= 11 is 0. The van der Waals surface area contributed by atoms with E-state index in [1.165, 1.54) is 18.8 Å². The van der Waals surface area contributed by atoms with Crippen LogP contribution in [0.4, 0.5) is 21.2 Å². The number of hydrogen-bond donors (Lipinski definition) is 2. The molecule has 1 heterocycles. The number of carbonyl (C=O) groups excluding carboxylic acids is 4. The average Bonchev–Trinajstić information content (AvgIpc) is 3.40. The van der Waals surface area contributed by atoms with Crippen LogP contribution in [0.5, 0.6) is 0 Å². The lowest BCUT2D eigenvalue weighted by Gasteiger charge is -2.30. The van der Waals surface area contributed by atoms with Crippen molar-refractivity contribution >= 4 is 46.7 Å². The predicted molar refractivity (Wildman–Crippen MR) is 174 cm³/mol. The molecule has 2 N–H and O–H groups in total. The molecule has 11 heteroatoms. The number of fused-ring (bicyclic) bond motifs is 1. The van der Waals surface area contributed by atoms with Crippen LogP contribution in [0.2, 0.25) is 0 Å². The Kier molecular flexibility index (Phi) is 12.7. The van der Waals surface area contributed by atoms with Crippen molar-refractivity contribution in [3.8, 4) is 0 Å². The Morgan fingerprint density at radius 3 is 2.16 bits per heavy atom. The lowest BCUT2D eigenvalue weighted by Crippen LogP contribution is -2.45. The van der Waals surface area contributed by atoms with Gasteiger partial charge in [0, 0.05) is 6.54 Å². The zero-order valence-corrected chi connectivity index (χ0v) is 26.6. The molecule has 0 fully saturated rings. The number of nitrogens with one attached hydrogen (secondary N) is 2. The van der Waals surface area contributed by atoms with Gasteiger partial charge in [0.1, 0.15) is 6.04 Å². The molecule has 0 spiro atoms. The van der Waals surface area contributed by atoms with E-state index < -0.39 is 18.1 Å². The third-order valence-corrected chi connectivity index (χ3v) is 7.05. The molecule has 1 aromatic heterocycles. The van der Waals surface area contributed by atoms with Crippen molar-refractivity contribution in [1.29, 1.82) is 0 Å². The van der Waals surface area contributed by atoms with E-state index in [1.807, 2.05) is 81.4 Å². The maximum absolute atomic E-state index is 13.0. The van der Waals surface area contributed by atoms with E-state index in [-0.39, 0.29) is 24.3 Å². The molecule has 0 aliphatic heterocycles. The number of rotatable bonds is 9. The van der Waals surface area contributed by atoms with Crippen molar-refractivity contribution in [2.75, 3.05) is 31.0 Å². The van der Waals surface area contributed by atoms with Crippen LogP contribution in [0.3, 0.4) is 0 Å². The quantitative estimate of drug-likeness (QED) is 0.174. The van der Waals surface area contributed by atoms with E-state index in [4.69, 9.17) is 4.74 Å². The van der Waals surface area contributed by atoms with Gasteiger partial charge in [0.25, 0.3) is 0 Å². The SMILES string of the molecule is CCCCNC(=O)n1c(NC(=O)OC)nc2ccccc21.COC(=O)C(C)N(C(=O)Cc1ccccc1)c1c(C)cccc1C. The van der Waals surface area contributed by atoms with Crippen LogP contribution in [-0.4, -0.2) is 60.4 Å². The second kappa shape index (κ2) is 16.6. The first-order chi connectivity index (χ1) is 21.6. The summed E-state index contributed by atoms with van der Waals surface area (Å²) in [6, 6.07) is 21.5. The molecule has 11 nitrogen and oxygen atoms in total. The van der Waals surface area contributed by atoms with Crippen LogP contribution < -0.4 is 15.5 Å². The zero-order chi connectivity index (χ0) is 32.9. The summed E-state index contributed by atoms with van der Waals surface area (Å²) in [4.78, 5) is 54.6. The van der Waals surface area contributed by atoms with Crippen molar-refractivity contribution in [3.05, 3.63) is 89.5 Å². The van der Waals surface area contributed by atoms with E-state index in [9.17, 15) is 19.2 Å². The van der Waals surface area contributed by atoms with E-state index in [1.54, 1.807) is 24.0 Å². The molecule has 4 rings (SSSR count). The van der Waals surface area contributed by atoms with Crippen LogP contribution in [0.1, 0.15) is 43.4 Å². The van der Waals surface area contributed by atoms with Gasteiger partial charge in [-0.15, -0.1) is 0 Å². The summed E-state index contributed by atoms with van der Waals surface area (Å²) in [7, 11) is 2.59. The second-order valence-corrected chi connectivity index (χ2v) is 10.3. The molecule has 1 atom stereocenters. The fraction of sp³-hybridized carbons (Fsp3) is 0.324. The fourth-order valence-electron chi connectivity index (χ4n) is 4.76. The van der Waals surface area contributed by atoms with Crippen LogP contribution in [0, 0.1) is 13.8 Å². The minimum Gasteiger partial charge on any atom is -0.467 e. The molecule has 1 unspecified atom stereocenters. The van der Waals surface area contributed by atoms with Gasteiger partial charge in [0.15, 0.2) is 0 Å². The molecule has 0 bridgehead atoms. The number of benzene rings is 3. The average molecular weight is 616 g/mol. The summed E-state index contributed by atoms with van der Waals surface area (Å²) in [6.07, 6.45) is 1.43. The van der Waals surface area contributed by atoms with Gasteiger partial charge in [-0.1, -0.05) is 74.0 Å². The zero-order valence-electron chi connectivity index (χ0n) is 26.6. The molecular formula is C34H41N5O6. The molecule has 4 aromatic rings. The van der Waals surface area contributed by atoms with Crippen LogP contribution in [-0.2, 0) is 25.5 Å². The standard InChI is InChI=1S/C20H23NO3.C14H18N4O3/c1-14-9-8-10-15(2)19(14)21(16(3)20(23)24-4)18(22)13-17-11-6-5-7-12-17;1-3-4-9-15-13(19)18-11-8-6-5-7-10(11)16-12(18)17-14(20)21-2/h5-12,16H,13H2,1-4H3;5-8H,3-4,9H2,1-2H3,(H,15,19)(H,16,17,20). The smallest absolute Gasteiger partial charge is 0.413 e. The number of nitrogens with zero attached hydrogens (tertiary/aromatic N) is 3. The van der Waals surface area contributed by atoms with Gasteiger partial charge in [-0.25, -0.2) is 23.9 Å². The van der Waals surface area contributed by atoms with E-state index in [0.717, 1.165) is 35.2 Å². The van der Waals surface area contributed by atoms with E-state index >= 15 is 0 Å². The Morgan fingerprint density at radius 2 is 1.53 bits per heavy atom. The number of carbonyl (C=O) groups is 4. The van der Waals surface area contributed by atoms with Crippen LogP contribution in [0.15, 0.2) is 72.8 Å². The Bertz CT molecular complexity index is 1600. The molecular weight excluding hydrogens is 574 g/mol. The maximum atomic E-state index is 13.0. The van der Waals surface area contributed by atoms with Crippen molar-refractivity contribution in [1.82, 2.24) is 14.9 Å². The highest BCUT2D eigenvalue weighted by Crippen LogP contribution is 2.28. The Labute approximate surface area is 263 Å². The first kappa shape index (κ1) is 34.3. The number of hydrogen-bond acceptors (Lipinski definition) is 7. The topological polar surface area (TPSA) is 132 Å². The third kappa shape index (κ3) is 8.91. The van der Waals surface area contributed by atoms with Crippen molar-refractivity contribution in [2.24, 2.45) is 0 Å². The van der Waals surface area contributed by atoms with Crippen molar-refractivity contribution in [3.63, 3.8) is 0 Å². The number of imidazole rings is 1. The molecule has 0 aliphatic carbocycles. The number of unbranched alkanes of at least 4 members (excludes halogenated alkanes) is 1. The minimum absolute atomic E-state index is 0.128. The molecule has 238 valence electrons. The first-order valence-corrected chi connectivity index (χ1v) is 14.7. The summed E-state index contributed by atoms with van der Waals surface area (Å²) in [5.41, 5.74) is 4.83. The predicted octanol–water partition coefficient (Wildman–Crippen LogP) is 6.01. The summed E-state index contributed by atoms with van der Waals surface area (Å²) in [5.74, 6) is -0.424. The van der Waals surface area contributed by atoms with Gasteiger partial charge in [0.05, 0.1) is 37.4 Å². The number of ether oxygens (including phenoxy) is 2. The lowest BCUT2D eigenvalue weighted by atomic mass is 10.0. The molecule has 0 radical (unpaired) electrons. The third-order valence-electron chi connectivity index (χ3n) is 7.05. The van der Waals surface area contributed by atoms with Gasteiger partial charge in [-0.3, -0.25) is 15.0 Å². The number of anilines is 2. The van der Waals surface area contributed by atoms with Crippen LogP contribution in [0.25, 0.3) is 11.0 Å². The fourth-order valence-corrected chi connectivity index (χ4v) is 4.76. The van der Waals surface area contributed by atoms with Crippen LogP contribution >= 0.6 is 0 Å². The number of para-hydroxylation sites is 3. The van der Waals surface area contributed by atoms with Gasteiger partial charge >= 0.3 is 18.1 Å². The number of amides is 3. The largest absolute Gasteiger partial charge is 0.467 e. The number of methoxy groups -OCH3 is 2. The highest BCUT2D eigenvalue weighted by Gasteiger charge is 2.30. The normalized spacial score (nSPS) is 11.1. The number of aryl methyl sites for hydroxylation is 2. The van der Waals surface area contributed by atoms with E-state index in [0.29, 0.717) is 17.6 Å². The summed E-state index contributed by atoms with van der Waals surface area (Å²) < 4.78 is 10.7. The second-order valence-electron chi connectivity index (χ2n) is 10.3. The molecule has 45 heavy (non-hydrogen) atoms. The van der Waals surface area contributed by atoms with Gasteiger partial charge in [-0.2, -0.15) is 0 Å². The molecule has 0 aliphatic rings. The maximum Gasteiger partial charge on any atom is 0.413 e. The molecule has 3 amide bonds. The molecule has 3 aromatic carbocycles. The highest BCUT2D eigenvalue weighted by atomic mass is 16.5. The monoisotopic (exact) mass is 615 g/mol. The molecule has 0 saturated heterocycles. The Morgan fingerprint density at radius 1 is 0.889 bits per heavy atom. The van der Waals surface area contributed by atoms with E-state index in [2.05, 4.69) is 20.4 Å². The Balaban J connectivity index is 0.000000248. The minimum atomic E-state index is -0.689. The number of esters is 1. The van der Waals surface area contributed by atoms with Gasteiger partial charge < -0.3 is 14.8 Å². The van der Waals surface area contributed by atoms with Gasteiger partial charge in [-0.05, 0) is 56.0 Å². The highest BCUT2D eigenvalue weighted by molar-refractivity contribution is 6.01. The molecule has 0 saturated carbocycles.